The predicted octanol–water partition coefficient (Wildman–Crippen LogP) is 9.91. The summed E-state index contributed by atoms with van der Waals surface area (Å²) in [7, 11) is 0. The third kappa shape index (κ3) is 9.12. The van der Waals surface area contributed by atoms with Crippen molar-refractivity contribution in [2.24, 2.45) is 0 Å². The van der Waals surface area contributed by atoms with Gasteiger partial charge < -0.3 is 9.80 Å². The van der Waals surface area contributed by atoms with Crippen molar-refractivity contribution in [2.75, 3.05) is 22.9 Å². The topological polar surface area (TPSA) is 6.48 Å². The number of nitrogens with zero attached hydrogens (tertiary/aromatic N) is 2. The van der Waals surface area contributed by atoms with Gasteiger partial charge in [-0.2, -0.15) is 0 Å². The van der Waals surface area contributed by atoms with Crippen molar-refractivity contribution < 1.29 is 0 Å². The molecule has 2 nitrogen and oxygen atoms in total. The summed E-state index contributed by atoms with van der Waals surface area (Å²) in [6.45, 7) is 7.13. The molecule has 194 valence electrons. The van der Waals surface area contributed by atoms with Crippen LogP contribution in [0.2, 0.25) is 0 Å². The molecule has 1 aromatic carbocycles. The third-order valence-corrected chi connectivity index (χ3v) is 8.55. The fourth-order valence-electron chi connectivity index (χ4n) is 6.44. The highest BCUT2D eigenvalue weighted by Crippen LogP contribution is 2.32. The second-order valence-corrected chi connectivity index (χ2v) is 11.3. The molecule has 34 heavy (non-hydrogen) atoms. The molecule has 0 heterocycles. The van der Waals surface area contributed by atoms with Gasteiger partial charge in [-0.05, 0) is 62.8 Å². The minimum Gasteiger partial charge on any atom is -0.369 e. The van der Waals surface area contributed by atoms with Crippen LogP contribution in [0.4, 0.5) is 11.4 Å². The molecule has 2 aliphatic rings. The van der Waals surface area contributed by atoms with Crippen LogP contribution in [-0.2, 0) is 0 Å². The van der Waals surface area contributed by atoms with Crippen molar-refractivity contribution >= 4 is 11.4 Å². The molecule has 0 amide bonds. The normalized spacial score (nSPS) is 17.7. The lowest BCUT2D eigenvalue weighted by Gasteiger charge is -2.38. The lowest BCUT2D eigenvalue weighted by molar-refractivity contribution is 0.409. The summed E-state index contributed by atoms with van der Waals surface area (Å²) in [6, 6.07) is 11.4. The van der Waals surface area contributed by atoms with Gasteiger partial charge in [-0.1, -0.05) is 104 Å². The summed E-state index contributed by atoms with van der Waals surface area (Å²) in [5.41, 5.74) is 2.97. The molecule has 0 aromatic heterocycles. The Balaban J connectivity index is 1.65. The maximum atomic E-state index is 2.80. The van der Waals surface area contributed by atoms with Crippen molar-refractivity contribution in [1.29, 1.82) is 0 Å². The number of benzene rings is 1. The van der Waals surface area contributed by atoms with E-state index in [-0.39, 0.29) is 0 Å². The fourth-order valence-corrected chi connectivity index (χ4v) is 6.44. The first-order valence-electron chi connectivity index (χ1n) is 15.5. The van der Waals surface area contributed by atoms with E-state index in [1.54, 1.807) is 0 Å². The highest BCUT2D eigenvalue weighted by atomic mass is 15.2. The molecule has 0 N–H and O–H groups in total. The van der Waals surface area contributed by atoms with Gasteiger partial charge in [0.05, 0.1) is 0 Å². The van der Waals surface area contributed by atoms with Gasteiger partial charge in [0.25, 0.3) is 0 Å². The van der Waals surface area contributed by atoms with Gasteiger partial charge in [0.15, 0.2) is 0 Å². The predicted molar refractivity (Wildman–Crippen MR) is 152 cm³/mol. The minimum atomic E-state index is 0.763. The van der Waals surface area contributed by atoms with E-state index in [1.165, 1.54) is 153 Å². The highest BCUT2D eigenvalue weighted by molar-refractivity contribution is 5.57. The SMILES string of the molecule is CCCCCCCN(c1ccc(N(CCCCCCC)C2CCCCC2)cc1)C1CCCCC1. The lowest BCUT2D eigenvalue weighted by Crippen LogP contribution is -2.38. The van der Waals surface area contributed by atoms with Gasteiger partial charge in [-0.3, -0.25) is 0 Å². The monoisotopic (exact) mass is 468 g/mol. The van der Waals surface area contributed by atoms with Crippen LogP contribution in [0.1, 0.15) is 142 Å². The van der Waals surface area contributed by atoms with Gasteiger partial charge in [-0.25, -0.2) is 0 Å². The Morgan fingerprint density at radius 2 is 0.853 bits per heavy atom. The number of anilines is 2. The van der Waals surface area contributed by atoms with Crippen molar-refractivity contribution in [3.63, 3.8) is 0 Å². The summed E-state index contributed by atoms with van der Waals surface area (Å²) in [6.07, 6.45) is 27.9. The smallest absolute Gasteiger partial charge is 0.0370 e. The van der Waals surface area contributed by atoms with Crippen LogP contribution in [0, 0.1) is 0 Å². The summed E-state index contributed by atoms with van der Waals surface area (Å²) in [4.78, 5) is 5.59. The van der Waals surface area contributed by atoms with Gasteiger partial charge in [-0.15, -0.1) is 0 Å². The Hall–Kier alpha value is -1.18. The van der Waals surface area contributed by atoms with Crippen LogP contribution >= 0.6 is 0 Å². The zero-order chi connectivity index (χ0) is 23.8. The number of hydrogen-bond donors (Lipinski definition) is 0. The van der Waals surface area contributed by atoms with Gasteiger partial charge in [0, 0.05) is 36.5 Å². The van der Waals surface area contributed by atoms with Crippen molar-refractivity contribution in [3.05, 3.63) is 24.3 Å². The molecule has 2 fully saturated rings. The van der Waals surface area contributed by atoms with Crippen molar-refractivity contribution in [3.8, 4) is 0 Å². The molecule has 3 rings (SSSR count). The second kappa shape index (κ2) is 16.5. The summed E-state index contributed by atoms with van der Waals surface area (Å²) < 4.78 is 0. The minimum absolute atomic E-state index is 0.763. The van der Waals surface area contributed by atoms with Crippen LogP contribution in [0.25, 0.3) is 0 Å². The summed E-state index contributed by atoms with van der Waals surface area (Å²) in [5, 5.41) is 0. The van der Waals surface area contributed by atoms with Gasteiger partial charge in [0.2, 0.25) is 0 Å². The van der Waals surface area contributed by atoms with E-state index in [4.69, 9.17) is 0 Å². The highest BCUT2D eigenvalue weighted by Gasteiger charge is 2.23. The molecule has 2 saturated carbocycles. The molecule has 0 aliphatic heterocycles. The van der Waals surface area contributed by atoms with E-state index in [0.717, 1.165) is 12.1 Å². The van der Waals surface area contributed by atoms with E-state index < -0.39 is 0 Å². The van der Waals surface area contributed by atoms with E-state index in [2.05, 4.69) is 47.9 Å². The first kappa shape index (κ1) is 27.4. The molecule has 0 unspecified atom stereocenters. The van der Waals surface area contributed by atoms with E-state index in [9.17, 15) is 0 Å². The molecule has 0 saturated heterocycles. The van der Waals surface area contributed by atoms with Crippen molar-refractivity contribution in [1.82, 2.24) is 0 Å². The quantitative estimate of drug-likeness (QED) is 0.223. The van der Waals surface area contributed by atoms with Crippen LogP contribution in [-0.4, -0.2) is 25.2 Å². The standard InChI is InChI=1S/C32H56N2/c1-3-5-7-9-17-27-33(29-19-13-11-14-20-29)31-23-25-32(26-24-31)34(28-18-10-8-6-4-2)30-21-15-12-16-22-30/h23-26,29-30H,3-22,27-28H2,1-2H3. The maximum absolute atomic E-state index is 2.80. The molecule has 2 heteroatoms. The Morgan fingerprint density at radius 1 is 0.500 bits per heavy atom. The Kier molecular flexibility index (Phi) is 13.3. The zero-order valence-corrected chi connectivity index (χ0v) is 22.9. The van der Waals surface area contributed by atoms with Crippen LogP contribution in [0.3, 0.4) is 0 Å². The largest absolute Gasteiger partial charge is 0.369 e. The second-order valence-electron chi connectivity index (χ2n) is 11.3. The lowest BCUT2D eigenvalue weighted by atomic mass is 9.93. The van der Waals surface area contributed by atoms with Gasteiger partial charge in [0.1, 0.15) is 0 Å². The average Bonchev–Trinajstić information content (AvgIpc) is 2.90. The average molecular weight is 469 g/mol. The van der Waals surface area contributed by atoms with Crippen LogP contribution in [0.5, 0.6) is 0 Å². The summed E-state index contributed by atoms with van der Waals surface area (Å²) in [5.74, 6) is 0. The zero-order valence-electron chi connectivity index (χ0n) is 22.9. The Morgan fingerprint density at radius 3 is 1.21 bits per heavy atom. The van der Waals surface area contributed by atoms with Crippen LogP contribution < -0.4 is 9.80 Å². The Bertz CT molecular complexity index is 557. The number of unbranched alkanes of at least 4 members (excludes halogenated alkanes) is 8. The molecular formula is C32H56N2. The first-order valence-corrected chi connectivity index (χ1v) is 15.5. The fraction of sp³-hybridized carbons (Fsp3) is 0.812. The molecule has 1 aromatic rings. The first-order chi connectivity index (χ1) is 16.8. The molecule has 0 radical (unpaired) electrons. The molecular weight excluding hydrogens is 412 g/mol. The molecule has 0 spiro atoms. The van der Waals surface area contributed by atoms with E-state index in [1.807, 2.05) is 0 Å². The number of rotatable bonds is 16. The molecule has 0 bridgehead atoms. The summed E-state index contributed by atoms with van der Waals surface area (Å²) >= 11 is 0. The maximum Gasteiger partial charge on any atom is 0.0370 e. The van der Waals surface area contributed by atoms with Gasteiger partial charge >= 0.3 is 0 Å². The van der Waals surface area contributed by atoms with Crippen molar-refractivity contribution in [2.45, 2.75) is 154 Å². The molecule has 0 atom stereocenters. The Labute approximate surface area is 212 Å². The molecule has 2 aliphatic carbocycles. The van der Waals surface area contributed by atoms with Crippen LogP contribution in [0.15, 0.2) is 24.3 Å². The third-order valence-electron chi connectivity index (χ3n) is 8.55. The number of hydrogen-bond acceptors (Lipinski definition) is 2. The van der Waals surface area contributed by atoms with E-state index in [0.29, 0.717) is 0 Å². The van der Waals surface area contributed by atoms with E-state index >= 15 is 0 Å².